The van der Waals surface area contributed by atoms with Crippen molar-refractivity contribution in [3.63, 3.8) is 0 Å². The molecule has 180 valence electrons. The van der Waals surface area contributed by atoms with Crippen molar-refractivity contribution in [3.05, 3.63) is 93.2 Å². The molecule has 9 heteroatoms. The van der Waals surface area contributed by atoms with Crippen molar-refractivity contribution < 1.29 is 22.6 Å². The average molecular weight is 591 g/mol. The third-order valence-corrected chi connectivity index (χ3v) is 5.81. The van der Waals surface area contributed by atoms with Crippen LogP contribution in [0.2, 0.25) is 0 Å². The summed E-state index contributed by atoms with van der Waals surface area (Å²) in [5.74, 6) is 1.41. The maximum atomic E-state index is 12.7. The summed E-state index contributed by atoms with van der Waals surface area (Å²) in [6.45, 7) is 2.73. The average Bonchev–Trinajstić information content (AvgIpc) is 2.83. The van der Waals surface area contributed by atoms with Gasteiger partial charge in [-0.15, -0.1) is 0 Å². The summed E-state index contributed by atoms with van der Waals surface area (Å²) < 4.78 is 50.8. The Balaban J connectivity index is 1.46. The van der Waals surface area contributed by atoms with E-state index < -0.39 is 11.7 Å². The van der Waals surface area contributed by atoms with E-state index in [0.29, 0.717) is 24.7 Å². The van der Waals surface area contributed by atoms with Gasteiger partial charge >= 0.3 is 6.18 Å². The number of alkyl halides is 3. The SMILES string of the molecule is CCOc1cc(/C=N\Nc2ccc(C(F)(F)F)cn2)cc(I)c1OCc1ccc2ccccc2c1. The Bertz CT molecular complexity index is 1340. The zero-order valence-corrected chi connectivity index (χ0v) is 20.8. The Morgan fingerprint density at radius 2 is 1.80 bits per heavy atom. The van der Waals surface area contributed by atoms with Gasteiger partial charge in [-0.2, -0.15) is 18.3 Å². The summed E-state index contributed by atoms with van der Waals surface area (Å²) >= 11 is 2.18. The Morgan fingerprint density at radius 3 is 2.51 bits per heavy atom. The van der Waals surface area contributed by atoms with Crippen LogP contribution in [0.4, 0.5) is 19.0 Å². The molecule has 1 N–H and O–H groups in total. The zero-order valence-electron chi connectivity index (χ0n) is 18.6. The number of rotatable bonds is 8. The van der Waals surface area contributed by atoms with Crippen molar-refractivity contribution in [3.8, 4) is 11.5 Å². The van der Waals surface area contributed by atoms with Gasteiger partial charge in [-0.05, 0) is 81.7 Å². The predicted molar refractivity (Wildman–Crippen MR) is 139 cm³/mol. The molecule has 0 aliphatic rings. The van der Waals surface area contributed by atoms with E-state index in [1.165, 1.54) is 17.7 Å². The molecule has 4 aromatic rings. The number of nitrogens with one attached hydrogen (secondary N) is 1. The molecule has 0 unspecified atom stereocenters. The topological polar surface area (TPSA) is 55.7 Å². The molecule has 0 amide bonds. The van der Waals surface area contributed by atoms with E-state index in [1.807, 2.05) is 31.2 Å². The van der Waals surface area contributed by atoms with Gasteiger partial charge in [-0.3, -0.25) is 5.43 Å². The molecular weight excluding hydrogens is 570 g/mol. The summed E-state index contributed by atoms with van der Waals surface area (Å²) in [6.07, 6.45) is -2.13. The minimum absolute atomic E-state index is 0.198. The monoisotopic (exact) mass is 591 g/mol. The van der Waals surface area contributed by atoms with E-state index >= 15 is 0 Å². The van der Waals surface area contributed by atoms with Crippen LogP contribution < -0.4 is 14.9 Å². The molecule has 0 spiro atoms. The lowest BCUT2D eigenvalue weighted by Crippen LogP contribution is -2.05. The molecule has 4 rings (SSSR count). The van der Waals surface area contributed by atoms with E-state index in [1.54, 1.807) is 6.07 Å². The highest BCUT2D eigenvalue weighted by Crippen LogP contribution is 2.35. The van der Waals surface area contributed by atoms with Crippen molar-refractivity contribution in [1.82, 2.24) is 4.98 Å². The fourth-order valence-electron chi connectivity index (χ4n) is 3.35. The summed E-state index contributed by atoms with van der Waals surface area (Å²) in [5, 5.41) is 6.40. The van der Waals surface area contributed by atoms with Gasteiger partial charge < -0.3 is 9.47 Å². The molecule has 0 saturated heterocycles. The molecule has 0 atom stereocenters. The first-order chi connectivity index (χ1) is 16.8. The molecule has 0 aliphatic heterocycles. The second-order valence-corrected chi connectivity index (χ2v) is 8.70. The fraction of sp³-hybridized carbons (Fsp3) is 0.154. The second-order valence-electron chi connectivity index (χ2n) is 7.53. The lowest BCUT2D eigenvalue weighted by atomic mass is 10.1. The number of fused-ring (bicyclic) bond motifs is 1. The van der Waals surface area contributed by atoms with Gasteiger partial charge in [0.05, 0.1) is 22.0 Å². The van der Waals surface area contributed by atoms with Gasteiger partial charge in [0.2, 0.25) is 0 Å². The number of pyridine rings is 1. The summed E-state index contributed by atoms with van der Waals surface area (Å²) in [4.78, 5) is 3.74. The highest BCUT2D eigenvalue weighted by atomic mass is 127. The summed E-state index contributed by atoms with van der Waals surface area (Å²) in [5.41, 5.74) is 3.59. The number of halogens is 4. The van der Waals surface area contributed by atoms with Gasteiger partial charge in [-0.1, -0.05) is 36.4 Å². The highest BCUT2D eigenvalue weighted by molar-refractivity contribution is 14.1. The number of ether oxygens (including phenoxy) is 2. The van der Waals surface area contributed by atoms with Crippen LogP contribution in [0, 0.1) is 3.57 Å². The van der Waals surface area contributed by atoms with Gasteiger partial charge in [0.1, 0.15) is 12.4 Å². The van der Waals surface area contributed by atoms with Crippen LogP contribution in [-0.4, -0.2) is 17.8 Å². The van der Waals surface area contributed by atoms with Crippen LogP contribution in [0.25, 0.3) is 10.8 Å². The third-order valence-electron chi connectivity index (χ3n) is 5.01. The van der Waals surface area contributed by atoms with E-state index in [4.69, 9.17) is 9.47 Å². The zero-order chi connectivity index (χ0) is 24.8. The molecule has 1 aromatic heterocycles. The molecule has 1 heterocycles. The lowest BCUT2D eigenvalue weighted by Gasteiger charge is -2.15. The van der Waals surface area contributed by atoms with Crippen molar-refractivity contribution in [2.75, 3.05) is 12.0 Å². The van der Waals surface area contributed by atoms with Crippen molar-refractivity contribution >= 4 is 45.4 Å². The molecule has 5 nitrogen and oxygen atoms in total. The second kappa shape index (κ2) is 10.9. The van der Waals surface area contributed by atoms with Crippen LogP contribution in [0.5, 0.6) is 11.5 Å². The predicted octanol–water partition coefficient (Wildman–Crippen LogP) is 7.28. The summed E-state index contributed by atoms with van der Waals surface area (Å²) in [6, 6.07) is 20.2. The van der Waals surface area contributed by atoms with Crippen molar-refractivity contribution in [2.24, 2.45) is 5.10 Å². The van der Waals surface area contributed by atoms with Crippen LogP contribution >= 0.6 is 22.6 Å². The lowest BCUT2D eigenvalue weighted by molar-refractivity contribution is -0.137. The van der Waals surface area contributed by atoms with Crippen LogP contribution in [-0.2, 0) is 12.8 Å². The molecule has 0 aliphatic carbocycles. The molecule has 0 bridgehead atoms. The Labute approximate surface area is 214 Å². The van der Waals surface area contributed by atoms with E-state index in [9.17, 15) is 13.2 Å². The van der Waals surface area contributed by atoms with Gasteiger partial charge in [-0.25, -0.2) is 4.98 Å². The minimum Gasteiger partial charge on any atom is -0.490 e. The first-order valence-electron chi connectivity index (χ1n) is 10.7. The Hall–Kier alpha value is -3.34. The van der Waals surface area contributed by atoms with Gasteiger partial charge in [0.25, 0.3) is 0 Å². The van der Waals surface area contributed by atoms with Crippen LogP contribution in [0.1, 0.15) is 23.6 Å². The molecule has 0 saturated carbocycles. The fourth-order valence-corrected chi connectivity index (χ4v) is 4.13. The number of aromatic nitrogens is 1. The summed E-state index contributed by atoms with van der Waals surface area (Å²) in [7, 11) is 0. The number of benzene rings is 3. The Morgan fingerprint density at radius 1 is 1.00 bits per heavy atom. The molecule has 0 radical (unpaired) electrons. The number of hydrogen-bond acceptors (Lipinski definition) is 5. The van der Waals surface area contributed by atoms with Crippen LogP contribution in [0.15, 0.2) is 78.0 Å². The third kappa shape index (κ3) is 6.41. The minimum atomic E-state index is -4.43. The molecular formula is C26H21F3IN3O2. The maximum absolute atomic E-state index is 12.7. The Kier molecular flexibility index (Phi) is 7.74. The number of hydrogen-bond donors (Lipinski definition) is 1. The normalized spacial score (nSPS) is 11.7. The van der Waals surface area contributed by atoms with Crippen LogP contribution in [0.3, 0.4) is 0 Å². The van der Waals surface area contributed by atoms with Gasteiger partial charge in [0, 0.05) is 6.20 Å². The molecule has 35 heavy (non-hydrogen) atoms. The maximum Gasteiger partial charge on any atom is 0.417 e. The van der Waals surface area contributed by atoms with Crippen molar-refractivity contribution in [1.29, 1.82) is 0 Å². The molecule has 3 aromatic carbocycles. The van der Waals surface area contributed by atoms with Gasteiger partial charge in [0.15, 0.2) is 11.5 Å². The largest absolute Gasteiger partial charge is 0.490 e. The number of anilines is 1. The first-order valence-corrected chi connectivity index (χ1v) is 11.8. The van der Waals surface area contributed by atoms with Crippen molar-refractivity contribution in [2.45, 2.75) is 19.7 Å². The smallest absolute Gasteiger partial charge is 0.417 e. The van der Waals surface area contributed by atoms with E-state index in [0.717, 1.165) is 32.3 Å². The standard InChI is InChI=1S/C26H21F3IN3O2/c1-2-34-23-13-18(14-32-33-24-10-9-21(15-31-24)26(27,28)29)12-22(30)25(23)35-16-17-7-8-19-5-3-4-6-20(19)11-17/h3-15H,2,16H2,1H3,(H,31,33)/b32-14-. The van der Waals surface area contributed by atoms with E-state index in [2.05, 4.69) is 62.4 Å². The number of hydrazone groups is 1. The van der Waals surface area contributed by atoms with E-state index in [-0.39, 0.29) is 5.82 Å². The quantitative estimate of drug-likeness (QED) is 0.133. The first kappa shape index (κ1) is 24.8. The highest BCUT2D eigenvalue weighted by Gasteiger charge is 2.30. The molecule has 0 fully saturated rings. The number of nitrogens with zero attached hydrogens (tertiary/aromatic N) is 2.